The topological polar surface area (TPSA) is 6.48 Å². The SMILES string of the molecule is [B]N1CCN(CC(C)(C)CCC)CC1. The first kappa shape index (κ1) is 12.1. The molecule has 14 heavy (non-hydrogen) atoms. The van der Waals surface area contributed by atoms with Crippen molar-refractivity contribution >= 4 is 7.98 Å². The van der Waals surface area contributed by atoms with E-state index >= 15 is 0 Å². The van der Waals surface area contributed by atoms with Gasteiger partial charge >= 0.3 is 0 Å². The van der Waals surface area contributed by atoms with Gasteiger partial charge in [-0.3, -0.25) is 0 Å². The molecular formula is C11H23BN2. The van der Waals surface area contributed by atoms with Crippen LogP contribution >= 0.6 is 0 Å². The molecule has 80 valence electrons. The van der Waals surface area contributed by atoms with Gasteiger partial charge in [0.1, 0.15) is 0 Å². The molecule has 1 saturated heterocycles. The van der Waals surface area contributed by atoms with E-state index in [0.29, 0.717) is 5.41 Å². The van der Waals surface area contributed by atoms with E-state index in [9.17, 15) is 0 Å². The van der Waals surface area contributed by atoms with E-state index in [2.05, 4.69) is 25.7 Å². The van der Waals surface area contributed by atoms with Crippen molar-refractivity contribution in [2.75, 3.05) is 32.7 Å². The molecule has 0 N–H and O–H groups in total. The largest absolute Gasteiger partial charge is 0.351 e. The Hall–Kier alpha value is -0.0151. The average molecular weight is 194 g/mol. The molecule has 1 fully saturated rings. The molecule has 0 aromatic heterocycles. The normalized spacial score (nSPS) is 21.4. The summed E-state index contributed by atoms with van der Waals surface area (Å²) in [5.41, 5.74) is 0.464. The molecule has 0 atom stereocenters. The Balaban J connectivity index is 2.29. The molecule has 0 saturated carbocycles. The minimum absolute atomic E-state index is 0.464. The number of piperazine rings is 1. The van der Waals surface area contributed by atoms with E-state index in [-0.39, 0.29) is 0 Å². The lowest BCUT2D eigenvalue weighted by Gasteiger charge is -2.38. The standard InChI is InChI=1S/C11H23BN2/c1-4-5-11(2,3)10-13-6-8-14(12)9-7-13/h4-10H2,1-3H3. The molecule has 0 aliphatic carbocycles. The highest BCUT2D eigenvalue weighted by molar-refractivity contribution is 6.04. The minimum atomic E-state index is 0.464. The fraction of sp³-hybridized carbons (Fsp3) is 1.00. The van der Waals surface area contributed by atoms with Crippen molar-refractivity contribution in [3.8, 4) is 0 Å². The molecule has 2 radical (unpaired) electrons. The van der Waals surface area contributed by atoms with Crippen LogP contribution in [0.3, 0.4) is 0 Å². The molecule has 0 unspecified atom stereocenters. The Bertz CT molecular complexity index is 163. The van der Waals surface area contributed by atoms with E-state index < -0.39 is 0 Å². The maximum absolute atomic E-state index is 5.73. The monoisotopic (exact) mass is 194 g/mol. The van der Waals surface area contributed by atoms with Crippen molar-refractivity contribution in [1.82, 2.24) is 9.71 Å². The second-order valence-corrected chi connectivity index (χ2v) is 5.23. The first-order valence-corrected chi connectivity index (χ1v) is 5.75. The maximum Gasteiger partial charge on any atom is 0.182 e. The van der Waals surface area contributed by atoms with Gasteiger partial charge in [0.15, 0.2) is 7.98 Å². The first-order valence-electron chi connectivity index (χ1n) is 5.75. The summed E-state index contributed by atoms with van der Waals surface area (Å²) < 4.78 is 0. The second-order valence-electron chi connectivity index (χ2n) is 5.23. The Labute approximate surface area is 90.1 Å². The zero-order valence-corrected chi connectivity index (χ0v) is 9.92. The lowest BCUT2D eigenvalue weighted by Crippen LogP contribution is -2.48. The minimum Gasteiger partial charge on any atom is -0.351 e. The lowest BCUT2D eigenvalue weighted by atomic mass is 9.87. The van der Waals surface area contributed by atoms with Crippen LogP contribution in [0.2, 0.25) is 0 Å². The summed E-state index contributed by atoms with van der Waals surface area (Å²) in [4.78, 5) is 4.46. The molecule has 1 aliphatic rings. The van der Waals surface area contributed by atoms with Crippen LogP contribution in [0.25, 0.3) is 0 Å². The second kappa shape index (κ2) is 5.17. The third-order valence-electron chi connectivity index (χ3n) is 2.99. The van der Waals surface area contributed by atoms with Crippen molar-refractivity contribution in [3.05, 3.63) is 0 Å². The Kier molecular flexibility index (Phi) is 4.46. The van der Waals surface area contributed by atoms with Gasteiger partial charge in [-0.2, -0.15) is 0 Å². The van der Waals surface area contributed by atoms with E-state index in [1.54, 1.807) is 0 Å². The maximum atomic E-state index is 5.73. The van der Waals surface area contributed by atoms with Gasteiger partial charge in [0, 0.05) is 19.6 Å². The molecule has 0 aromatic rings. The van der Waals surface area contributed by atoms with Gasteiger partial charge in [0.25, 0.3) is 0 Å². The molecule has 0 spiro atoms. The van der Waals surface area contributed by atoms with Crippen LogP contribution in [0, 0.1) is 5.41 Å². The van der Waals surface area contributed by atoms with Crippen molar-refractivity contribution in [2.45, 2.75) is 33.6 Å². The van der Waals surface area contributed by atoms with E-state index in [1.807, 2.05) is 4.81 Å². The predicted octanol–water partition coefficient (Wildman–Crippen LogP) is 1.51. The van der Waals surface area contributed by atoms with Gasteiger partial charge in [-0.15, -0.1) is 0 Å². The van der Waals surface area contributed by atoms with Gasteiger partial charge in [-0.1, -0.05) is 27.2 Å². The fourth-order valence-corrected chi connectivity index (χ4v) is 2.28. The average Bonchev–Trinajstić information content (AvgIpc) is 2.08. The molecule has 3 heteroatoms. The van der Waals surface area contributed by atoms with Gasteiger partial charge < -0.3 is 9.71 Å². The summed E-state index contributed by atoms with van der Waals surface area (Å²) in [5.74, 6) is 0. The molecule has 1 rings (SSSR count). The lowest BCUT2D eigenvalue weighted by molar-refractivity contribution is 0.127. The summed E-state index contributed by atoms with van der Waals surface area (Å²) >= 11 is 0. The molecule has 2 nitrogen and oxygen atoms in total. The van der Waals surface area contributed by atoms with Gasteiger partial charge in [0.05, 0.1) is 0 Å². The molecule has 1 heterocycles. The number of hydrogen-bond acceptors (Lipinski definition) is 2. The predicted molar refractivity (Wildman–Crippen MR) is 62.5 cm³/mol. The molecule has 0 aromatic carbocycles. The van der Waals surface area contributed by atoms with Gasteiger partial charge in [-0.25, -0.2) is 0 Å². The summed E-state index contributed by atoms with van der Waals surface area (Å²) in [6, 6.07) is 0. The van der Waals surface area contributed by atoms with Crippen molar-refractivity contribution in [2.24, 2.45) is 5.41 Å². The highest BCUT2D eigenvalue weighted by Crippen LogP contribution is 2.23. The van der Waals surface area contributed by atoms with Crippen LogP contribution in [0.5, 0.6) is 0 Å². The first-order chi connectivity index (χ1) is 6.53. The fourth-order valence-electron chi connectivity index (χ4n) is 2.28. The molecule has 0 amide bonds. The molecule has 0 bridgehead atoms. The van der Waals surface area contributed by atoms with Crippen molar-refractivity contribution < 1.29 is 0 Å². The number of hydrogen-bond donors (Lipinski definition) is 0. The molecule has 1 aliphatic heterocycles. The summed E-state index contributed by atoms with van der Waals surface area (Å²) in [6.45, 7) is 12.5. The number of rotatable bonds is 4. The summed E-state index contributed by atoms with van der Waals surface area (Å²) in [6.07, 6.45) is 2.60. The van der Waals surface area contributed by atoms with E-state index in [0.717, 1.165) is 26.2 Å². The smallest absolute Gasteiger partial charge is 0.182 e. The van der Waals surface area contributed by atoms with Crippen LogP contribution < -0.4 is 0 Å². The number of nitrogens with zero attached hydrogens (tertiary/aromatic N) is 2. The highest BCUT2D eigenvalue weighted by Gasteiger charge is 2.22. The van der Waals surface area contributed by atoms with Crippen LogP contribution in [-0.4, -0.2) is 50.4 Å². The van der Waals surface area contributed by atoms with Crippen LogP contribution in [-0.2, 0) is 0 Å². The van der Waals surface area contributed by atoms with Crippen LogP contribution in [0.4, 0.5) is 0 Å². The summed E-state index contributed by atoms with van der Waals surface area (Å²) in [5, 5.41) is 0. The van der Waals surface area contributed by atoms with Crippen molar-refractivity contribution in [1.29, 1.82) is 0 Å². The van der Waals surface area contributed by atoms with E-state index in [1.165, 1.54) is 19.4 Å². The quantitative estimate of drug-likeness (QED) is 0.626. The van der Waals surface area contributed by atoms with Crippen LogP contribution in [0.15, 0.2) is 0 Å². The zero-order valence-electron chi connectivity index (χ0n) is 9.92. The summed E-state index contributed by atoms with van der Waals surface area (Å²) in [7, 11) is 5.73. The van der Waals surface area contributed by atoms with E-state index in [4.69, 9.17) is 7.98 Å². The Morgan fingerprint density at radius 2 is 1.71 bits per heavy atom. The zero-order chi connectivity index (χ0) is 10.6. The van der Waals surface area contributed by atoms with Crippen LogP contribution in [0.1, 0.15) is 33.6 Å². The van der Waals surface area contributed by atoms with Crippen molar-refractivity contribution in [3.63, 3.8) is 0 Å². The Morgan fingerprint density at radius 3 is 2.21 bits per heavy atom. The third-order valence-corrected chi connectivity index (χ3v) is 2.99. The molecular weight excluding hydrogens is 171 g/mol. The van der Waals surface area contributed by atoms with Gasteiger partial charge in [0.2, 0.25) is 0 Å². The van der Waals surface area contributed by atoms with Gasteiger partial charge in [-0.05, 0) is 24.9 Å². The third kappa shape index (κ3) is 4.01. The highest BCUT2D eigenvalue weighted by atomic mass is 15.2. The Morgan fingerprint density at radius 1 is 1.14 bits per heavy atom.